The van der Waals surface area contributed by atoms with Gasteiger partial charge in [0.25, 0.3) is 0 Å². The summed E-state index contributed by atoms with van der Waals surface area (Å²) in [6, 6.07) is 10.3. The molecule has 0 spiro atoms. The minimum atomic E-state index is -0.417. The molecule has 2 aromatic rings. The first kappa shape index (κ1) is 17.2. The van der Waals surface area contributed by atoms with Crippen LogP contribution in [0.1, 0.15) is 30.9 Å². The fraction of sp³-hybridized carbons (Fsp3) is 0.235. The van der Waals surface area contributed by atoms with Crippen molar-refractivity contribution in [2.45, 2.75) is 26.7 Å². The van der Waals surface area contributed by atoms with Gasteiger partial charge in [-0.1, -0.05) is 37.2 Å². The maximum atomic E-state index is 12.2. The Hall–Kier alpha value is -3.18. The number of para-hydroxylation sites is 1. The van der Waals surface area contributed by atoms with Crippen LogP contribution in [0.2, 0.25) is 0 Å². The third-order valence-corrected chi connectivity index (χ3v) is 3.51. The van der Waals surface area contributed by atoms with Crippen LogP contribution in [0.5, 0.6) is 5.75 Å². The fourth-order valence-electron chi connectivity index (χ4n) is 2.44. The molecule has 7 heteroatoms. The van der Waals surface area contributed by atoms with Crippen molar-refractivity contribution in [3.05, 3.63) is 58.0 Å². The molecule has 0 fully saturated rings. The Bertz CT molecular complexity index is 796. The molecule has 7 nitrogen and oxygen atoms in total. The van der Waals surface area contributed by atoms with Crippen LogP contribution in [0.3, 0.4) is 0 Å². The van der Waals surface area contributed by atoms with E-state index in [9.17, 15) is 9.90 Å². The van der Waals surface area contributed by atoms with Crippen molar-refractivity contribution in [2.75, 3.05) is 10.6 Å². The number of azide groups is 1. The predicted molar refractivity (Wildman–Crippen MR) is 94.8 cm³/mol. The van der Waals surface area contributed by atoms with Gasteiger partial charge in [-0.3, -0.25) is 0 Å². The van der Waals surface area contributed by atoms with E-state index in [4.69, 9.17) is 5.53 Å². The van der Waals surface area contributed by atoms with Gasteiger partial charge in [0.1, 0.15) is 5.75 Å². The highest BCUT2D eigenvalue weighted by atomic mass is 16.3. The lowest BCUT2D eigenvalue weighted by Gasteiger charge is -2.19. The summed E-state index contributed by atoms with van der Waals surface area (Å²) < 4.78 is 0. The number of amides is 2. The normalized spacial score (nSPS) is 10.2. The van der Waals surface area contributed by atoms with Crippen LogP contribution in [0, 0.1) is 6.92 Å². The largest absolute Gasteiger partial charge is 0.507 e. The van der Waals surface area contributed by atoms with Gasteiger partial charge in [-0.2, -0.15) is 0 Å². The van der Waals surface area contributed by atoms with E-state index in [1.54, 1.807) is 25.1 Å². The van der Waals surface area contributed by atoms with E-state index in [0.717, 1.165) is 0 Å². The van der Waals surface area contributed by atoms with Crippen LogP contribution >= 0.6 is 0 Å². The highest BCUT2D eigenvalue weighted by Crippen LogP contribution is 2.42. The third kappa shape index (κ3) is 3.77. The van der Waals surface area contributed by atoms with Crippen molar-refractivity contribution < 1.29 is 9.90 Å². The van der Waals surface area contributed by atoms with Crippen LogP contribution in [-0.2, 0) is 0 Å². The lowest BCUT2D eigenvalue weighted by atomic mass is 9.96. The molecule has 0 heterocycles. The van der Waals surface area contributed by atoms with Crippen LogP contribution in [0.25, 0.3) is 10.4 Å². The number of nitrogens with zero attached hydrogens (tertiary/aromatic N) is 3. The third-order valence-electron chi connectivity index (χ3n) is 3.51. The lowest BCUT2D eigenvalue weighted by molar-refractivity contribution is 0.262. The number of phenolic OH excluding ortho intramolecular Hbond substituents is 1. The second kappa shape index (κ2) is 7.39. The van der Waals surface area contributed by atoms with Gasteiger partial charge in [-0.15, -0.1) is 0 Å². The van der Waals surface area contributed by atoms with E-state index in [1.807, 2.05) is 32.0 Å². The standard InChI is InChI=1S/C17H19N5O2/c1-10(2)14-13(9-11(3)16(23)15(14)21-22-18)20-17(24)19-12-7-5-4-6-8-12/h4-10,23H,1-3H3,(H2,19,20,24). The number of phenols is 1. The molecule has 0 aromatic heterocycles. The average molecular weight is 325 g/mol. The van der Waals surface area contributed by atoms with Gasteiger partial charge in [0, 0.05) is 16.3 Å². The van der Waals surface area contributed by atoms with Crippen molar-refractivity contribution >= 4 is 23.1 Å². The molecule has 0 unspecified atom stereocenters. The highest BCUT2D eigenvalue weighted by Gasteiger charge is 2.19. The molecule has 2 rings (SSSR count). The Kier molecular flexibility index (Phi) is 5.29. The van der Waals surface area contributed by atoms with E-state index in [1.165, 1.54) is 0 Å². The summed E-state index contributed by atoms with van der Waals surface area (Å²) in [5.74, 6) is -0.144. The summed E-state index contributed by atoms with van der Waals surface area (Å²) in [7, 11) is 0. The van der Waals surface area contributed by atoms with E-state index < -0.39 is 6.03 Å². The summed E-state index contributed by atoms with van der Waals surface area (Å²) in [4.78, 5) is 15.0. The lowest BCUT2D eigenvalue weighted by Crippen LogP contribution is -2.20. The molecule has 0 atom stereocenters. The molecule has 0 aliphatic heterocycles. The Labute approximate surface area is 140 Å². The van der Waals surface area contributed by atoms with Crippen molar-refractivity contribution in [2.24, 2.45) is 5.11 Å². The SMILES string of the molecule is Cc1cc(NC(=O)Nc2ccccc2)c(C(C)C)c(N=[N+]=[N-])c1O. The summed E-state index contributed by atoms with van der Waals surface area (Å²) >= 11 is 0. The number of hydrogen-bond donors (Lipinski definition) is 3. The van der Waals surface area contributed by atoms with Gasteiger partial charge in [-0.05, 0) is 47.7 Å². The van der Waals surface area contributed by atoms with E-state index in [0.29, 0.717) is 22.5 Å². The average Bonchev–Trinajstić information content (AvgIpc) is 2.53. The minimum Gasteiger partial charge on any atom is -0.507 e. The number of urea groups is 1. The number of aryl methyl sites for hydroxylation is 1. The number of aromatic hydroxyl groups is 1. The Morgan fingerprint density at radius 1 is 1.25 bits per heavy atom. The molecular formula is C17H19N5O2. The molecule has 2 aromatic carbocycles. The number of hydrogen-bond acceptors (Lipinski definition) is 3. The van der Waals surface area contributed by atoms with Crippen LogP contribution < -0.4 is 10.6 Å². The Morgan fingerprint density at radius 3 is 2.50 bits per heavy atom. The molecule has 124 valence electrons. The highest BCUT2D eigenvalue weighted by molar-refractivity contribution is 6.01. The first-order valence-electron chi connectivity index (χ1n) is 7.48. The van der Waals surface area contributed by atoms with Crippen molar-refractivity contribution in [3.63, 3.8) is 0 Å². The van der Waals surface area contributed by atoms with E-state index in [2.05, 4.69) is 20.7 Å². The molecule has 0 aliphatic carbocycles. The summed E-state index contributed by atoms with van der Waals surface area (Å²) in [6.07, 6.45) is 0. The van der Waals surface area contributed by atoms with Crippen LogP contribution in [-0.4, -0.2) is 11.1 Å². The predicted octanol–water partition coefficient (Wildman–Crippen LogP) is 5.41. The van der Waals surface area contributed by atoms with Crippen LogP contribution in [0.15, 0.2) is 41.5 Å². The van der Waals surface area contributed by atoms with Gasteiger partial charge < -0.3 is 15.7 Å². The first-order valence-corrected chi connectivity index (χ1v) is 7.48. The van der Waals surface area contributed by atoms with Gasteiger partial charge >= 0.3 is 6.03 Å². The van der Waals surface area contributed by atoms with E-state index >= 15 is 0 Å². The summed E-state index contributed by atoms with van der Waals surface area (Å²) in [5.41, 5.74) is 11.1. The number of benzene rings is 2. The zero-order valence-corrected chi connectivity index (χ0v) is 13.7. The molecule has 2 amide bonds. The van der Waals surface area contributed by atoms with Crippen molar-refractivity contribution in [1.82, 2.24) is 0 Å². The topological polar surface area (TPSA) is 110 Å². The smallest absolute Gasteiger partial charge is 0.323 e. The van der Waals surface area contributed by atoms with Gasteiger partial charge in [0.15, 0.2) is 0 Å². The fourth-order valence-corrected chi connectivity index (χ4v) is 2.44. The van der Waals surface area contributed by atoms with Crippen molar-refractivity contribution in [3.8, 4) is 5.75 Å². The number of carbonyl (C=O) groups is 1. The summed E-state index contributed by atoms with van der Waals surface area (Å²) in [6.45, 7) is 5.46. The van der Waals surface area contributed by atoms with Crippen LogP contribution in [0.4, 0.5) is 21.9 Å². The summed E-state index contributed by atoms with van der Waals surface area (Å²) in [5, 5.41) is 19.2. The second-order valence-electron chi connectivity index (χ2n) is 5.64. The zero-order valence-electron chi connectivity index (χ0n) is 13.7. The molecule has 3 N–H and O–H groups in total. The first-order chi connectivity index (χ1) is 11.4. The van der Waals surface area contributed by atoms with Crippen molar-refractivity contribution in [1.29, 1.82) is 0 Å². The molecular weight excluding hydrogens is 306 g/mol. The van der Waals surface area contributed by atoms with Gasteiger partial charge in [0.05, 0.1) is 5.69 Å². The zero-order chi connectivity index (χ0) is 17.7. The molecule has 0 radical (unpaired) electrons. The molecule has 0 aliphatic rings. The number of carbonyl (C=O) groups excluding carboxylic acids is 1. The number of rotatable bonds is 4. The second-order valence-corrected chi connectivity index (χ2v) is 5.64. The maximum Gasteiger partial charge on any atom is 0.323 e. The Morgan fingerprint density at radius 2 is 1.92 bits per heavy atom. The molecule has 0 saturated carbocycles. The van der Waals surface area contributed by atoms with E-state index in [-0.39, 0.29) is 17.4 Å². The minimum absolute atomic E-state index is 0.0657. The number of nitrogens with one attached hydrogen (secondary N) is 2. The van der Waals surface area contributed by atoms with Gasteiger partial charge in [-0.25, -0.2) is 4.79 Å². The molecule has 0 saturated heterocycles. The molecule has 24 heavy (non-hydrogen) atoms. The maximum absolute atomic E-state index is 12.2. The monoisotopic (exact) mass is 325 g/mol. The number of anilines is 2. The molecule has 0 bridgehead atoms. The van der Waals surface area contributed by atoms with Gasteiger partial charge in [0.2, 0.25) is 0 Å². The quantitative estimate of drug-likeness (QED) is 0.302. The Balaban J connectivity index is 2.39.